The van der Waals surface area contributed by atoms with Gasteiger partial charge in [-0.2, -0.15) is 0 Å². The SMILES string of the molecule is CC/C=C\C/C=C\C/C=C\C/C=C\CCCCCCC(=O)OCC(COCCCCCCCCCCCC/C=C\CCCCCCCC)OC(=O)CCCCCCCCC/C=C\C/C=C\C/C=C\CC. The number of esters is 2. The third kappa shape index (κ3) is 57.4. The summed E-state index contributed by atoms with van der Waals surface area (Å²) in [5.74, 6) is -0.432. The predicted molar refractivity (Wildman–Crippen MR) is 306 cm³/mol. The maximum Gasteiger partial charge on any atom is 0.306 e. The molecule has 0 saturated heterocycles. The summed E-state index contributed by atoms with van der Waals surface area (Å²) in [6.07, 6.45) is 81.5. The molecule has 0 saturated carbocycles. The minimum absolute atomic E-state index is 0.0644. The van der Waals surface area contributed by atoms with E-state index < -0.39 is 6.10 Å². The van der Waals surface area contributed by atoms with Crippen LogP contribution in [0.15, 0.2) is 97.2 Å². The number of unbranched alkanes of at least 4 members (excludes halogenated alkanes) is 27. The Balaban J connectivity index is 4.33. The van der Waals surface area contributed by atoms with Crippen LogP contribution in [0.4, 0.5) is 0 Å². The average molecular weight is 974 g/mol. The second kappa shape index (κ2) is 60.1. The van der Waals surface area contributed by atoms with E-state index in [1.165, 1.54) is 128 Å². The first kappa shape index (κ1) is 66.8. The van der Waals surface area contributed by atoms with E-state index in [-0.39, 0.29) is 25.2 Å². The molecule has 1 atom stereocenters. The van der Waals surface area contributed by atoms with Crippen LogP contribution in [0.1, 0.15) is 278 Å². The van der Waals surface area contributed by atoms with Crippen molar-refractivity contribution in [1.82, 2.24) is 0 Å². The molecule has 1 unspecified atom stereocenters. The van der Waals surface area contributed by atoms with E-state index >= 15 is 0 Å². The van der Waals surface area contributed by atoms with Crippen molar-refractivity contribution < 1.29 is 23.8 Å². The Kier molecular flexibility index (Phi) is 57.4. The summed E-state index contributed by atoms with van der Waals surface area (Å²) in [7, 11) is 0. The Morgan fingerprint density at radius 1 is 0.329 bits per heavy atom. The molecule has 0 radical (unpaired) electrons. The van der Waals surface area contributed by atoms with E-state index in [2.05, 4.69) is 118 Å². The monoisotopic (exact) mass is 973 g/mol. The molecular formula is C65H112O5. The van der Waals surface area contributed by atoms with Crippen LogP contribution < -0.4 is 0 Å². The average Bonchev–Trinajstić information content (AvgIpc) is 3.36. The summed E-state index contributed by atoms with van der Waals surface area (Å²) in [5, 5.41) is 0. The Hall–Kier alpha value is -3.18. The topological polar surface area (TPSA) is 61.8 Å². The Labute approximate surface area is 434 Å². The van der Waals surface area contributed by atoms with Gasteiger partial charge in [-0.3, -0.25) is 9.59 Å². The van der Waals surface area contributed by atoms with Gasteiger partial charge in [-0.1, -0.05) is 246 Å². The highest BCUT2D eigenvalue weighted by Crippen LogP contribution is 2.15. The minimum atomic E-state index is -0.559. The fourth-order valence-corrected chi connectivity index (χ4v) is 8.22. The van der Waals surface area contributed by atoms with Gasteiger partial charge in [0.05, 0.1) is 6.61 Å². The number of carbonyl (C=O) groups is 2. The van der Waals surface area contributed by atoms with Gasteiger partial charge in [0.1, 0.15) is 6.61 Å². The summed E-state index contributed by atoms with van der Waals surface area (Å²) in [4.78, 5) is 25.6. The molecule has 0 aromatic heterocycles. The normalized spacial score (nSPS) is 12.9. The quantitative estimate of drug-likeness (QED) is 0.0345. The standard InChI is InChI=1S/C65H112O5/c1-4-7-10-13-16-19-22-25-28-31-32-33-36-39-42-45-48-51-54-57-60-68-61-63(70-65(67)59-56-53-50-47-44-41-38-35-30-27-24-21-18-15-12-9-6-3)62-69-64(66)58-55-52-49-46-43-40-37-34-29-26-23-20-17-14-11-8-5-2/h8-9,11-12,17-18,20-21,25-30,37,40,63H,4-7,10,13-16,19,22-24,31-36,38-39,41-62H2,1-3H3/b11-8-,12-9-,20-17-,21-18-,28-25-,29-26-,30-27-,40-37-. The first-order valence-corrected chi connectivity index (χ1v) is 29.8. The van der Waals surface area contributed by atoms with Crippen LogP contribution in [0, 0.1) is 0 Å². The second-order valence-corrected chi connectivity index (χ2v) is 19.5. The minimum Gasteiger partial charge on any atom is -0.462 e. The molecule has 0 bridgehead atoms. The van der Waals surface area contributed by atoms with Crippen LogP contribution >= 0.6 is 0 Å². The predicted octanol–water partition coefficient (Wildman–Crippen LogP) is 20.6. The van der Waals surface area contributed by atoms with Gasteiger partial charge in [0.25, 0.3) is 0 Å². The van der Waals surface area contributed by atoms with Crippen molar-refractivity contribution in [2.45, 2.75) is 284 Å². The van der Waals surface area contributed by atoms with Gasteiger partial charge in [-0.15, -0.1) is 0 Å². The molecule has 0 heterocycles. The molecule has 402 valence electrons. The number of hydrogen-bond donors (Lipinski definition) is 0. The zero-order valence-electron chi connectivity index (χ0n) is 46.3. The van der Waals surface area contributed by atoms with Gasteiger partial charge < -0.3 is 14.2 Å². The molecule has 0 aliphatic carbocycles. The highest BCUT2D eigenvalue weighted by atomic mass is 16.6. The van der Waals surface area contributed by atoms with E-state index in [4.69, 9.17) is 14.2 Å². The fraction of sp³-hybridized carbons (Fsp3) is 0.723. The molecule has 0 N–H and O–H groups in total. The van der Waals surface area contributed by atoms with Crippen molar-refractivity contribution in [2.75, 3.05) is 19.8 Å². The van der Waals surface area contributed by atoms with E-state index in [1.54, 1.807) is 0 Å². The van der Waals surface area contributed by atoms with Gasteiger partial charge in [-0.25, -0.2) is 0 Å². The first-order chi connectivity index (χ1) is 34.6. The van der Waals surface area contributed by atoms with Crippen molar-refractivity contribution in [3.05, 3.63) is 97.2 Å². The van der Waals surface area contributed by atoms with Crippen molar-refractivity contribution in [1.29, 1.82) is 0 Å². The number of allylic oxidation sites excluding steroid dienone is 16. The van der Waals surface area contributed by atoms with E-state index in [9.17, 15) is 9.59 Å². The van der Waals surface area contributed by atoms with Crippen molar-refractivity contribution in [3.8, 4) is 0 Å². The number of carbonyl (C=O) groups excluding carboxylic acids is 2. The van der Waals surface area contributed by atoms with Crippen LogP contribution in [-0.2, 0) is 23.8 Å². The molecular weight excluding hydrogens is 861 g/mol. The lowest BCUT2D eigenvalue weighted by atomic mass is 10.1. The van der Waals surface area contributed by atoms with Crippen LogP contribution in [0.25, 0.3) is 0 Å². The number of rotatable bonds is 54. The lowest BCUT2D eigenvalue weighted by molar-refractivity contribution is -0.163. The molecule has 0 rings (SSSR count). The van der Waals surface area contributed by atoms with Crippen molar-refractivity contribution in [2.24, 2.45) is 0 Å². The highest BCUT2D eigenvalue weighted by molar-refractivity contribution is 5.70. The summed E-state index contributed by atoms with van der Waals surface area (Å²) in [6, 6.07) is 0. The van der Waals surface area contributed by atoms with Gasteiger partial charge in [-0.05, 0) is 116 Å². The molecule has 0 fully saturated rings. The molecule has 0 aliphatic rings. The first-order valence-electron chi connectivity index (χ1n) is 29.8. The fourth-order valence-electron chi connectivity index (χ4n) is 8.22. The zero-order chi connectivity index (χ0) is 50.6. The van der Waals surface area contributed by atoms with Crippen LogP contribution in [0.2, 0.25) is 0 Å². The third-order valence-electron chi connectivity index (χ3n) is 12.6. The molecule has 0 aromatic carbocycles. The lowest BCUT2D eigenvalue weighted by Gasteiger charge is -2.18. The Morgan fingerprint density at radius 2 is 0.643 bits per heavy atom. The summed E-state index contributed by atoms with van der Waals surface area (Å²) in [6.45, 7) is 7.58. The smallest absolute Gasteiger partial charge is 0.306 e. The number of ether oxygens (including phenoxy) is 3. The molecule has 5 nitrogen and oxygen atoms in total. The van der Waals surface area contributed by atoms with Crippen LogP contribution in [0.5, 0.6) is 0 Å². The van der Waals surface area contributed by atoms with Crippen LogP contribution in [0.3, 0.4) is 0 Å². The Bertz CT molecular complexity index is 1330. The van der Waals surface area contributed by atoms with Gasteiger partial charge in [0, 0.05) is 19.4 Å². The van der Waals surface area contributed by atoms with Crippen molar-refractivity contribution >= 4 is 11.9 Å². The molecule has 70 heavy (non-hydrogen) atoms. The molecule has 0 amide bonds. The van der Waals surface area contributed by atoms with Crippen LogP contribution in [-0.4, -0.2) is 37.9 Å². The van der Waals surface area contributed by atoms with Crippen molar-refractivity contribution in [3.63, 3.8) is 0 Å². The number of hydrogen-bond acceptors (Lipinski definition) is 5. The van der Waals surface area contributed by atoms with E-state index in [0.29, 0.717) is 19.4 Å². The molecule has 0 aliphatic heterocycles. The zero-order valence-corrected chi connectivity index (χ0v) is 46.3. The highest BCUT2D eigenvalue weighted by Gasteiger charge is 2.17. The summed E-state index contributed by atoms with van der Waals surface area (Å²) < 4.78 is 17.5. The van der Waals surface area contributed by atoms with Gasteiger partial charge >= 0.3 is 11.9 Å². The Morgan fingerprint density at radius 3 is 1.04 bits per heavy atom. The molecule has 0 spiro atoms. The third-order valence-corrected chi connectivity index (χ3v) is 12.6. The van der Waals surface area contributed by atoms with E-state index in [1.807, 2.05) is 0 Å². The maximum atomic E-state index is 12.9. The largest absolute Gasteiger partial charge is 0.462 e. The summed E-state index contributed by atoms with van der Waals surface area (Å²) >= 11 is 0. The van der Waals surface area contributed by atoms with Gasteiger partial charge in [0.15, 0.2) is 6.10 Å². The summed E-state index contributed by atoms with van der Waals surface area (Å²) in [5.41, 5.74) is 0. The second-order valence-electron chi connectivity index (χ2n) is 19.5. The molecule has 0 aromatic rings. The maximum absolute atomic E-state index is 12.9. The molecule has 5 heteroatoms. The van der Waals surface area contributed by atoms with Gasteiger partial charge in [0.2, 0.25) is 0 Å². The lowest BCUT2D eigenvalue weighted by Crippen LogP contribution is -2.30. The van der Waals surface area contributed by atoms with E-state index in [0.717, 1.165) is 116 Å².